The smallest absolute Gasteiger partial charge is 0.257 e. The van der Waals surface area contributed by atoms with E-state index in [-0.39, 0.29) is 17.7 Å². The first-order valence-corrected chi connectivity index (χ1v) is 7.14. The van der Waals surface area contributed by atoms with Crippen molar-refractivity contribution in [2.24, 2.45) is 11.7 Å². The largest absolute Gasteiger partial charge is 0.491 e. The molecule has 21 heavy (non-hydrogen) atoms. The molecular formula is C15H21N3O3. The molecule has 6 heteroatoms. The molecule has 0 saturated carbocycles. The Kier molecular flexibility index (Phi) is 4.67. The number of nitrogens with zero attached hydrogens (tertiary/aromatic N) is 1. The van der Waals surface area contributed by atoms with Crippen molar-refractivity contribution in [2.75, 3.05) is 25.4 Å². The average Bonchev–Trinajstić information content (AvgIpc) is 2.49. The molecule has 6 nitrogen and oxygen atoms in total. The zero-order chi connectivity index (χ0) is 15.4. The lowest BCUT2D eigenvalue weighted by atomic mass is 9.95. The topological polar surface area (TPSA) is 98.7 Å². The molecule has 1 saturated heterocycles. The summed E-state index contributed by atoms with van der Waals surface area (Å²) in [7, 11) is 0. The molecule has 114 valence electrons. The van der Waals surface area contributed by atoms with Crippen LogP contribution in [0.4, 0.5) is 5.69 Å². The van der Waals surface area contributed by atoms with Gasteiger partial charge in [-0.15, -0.1) is 0 Å². The van der Waals surface area contributed by atoms with Crippen LogP contribution in [0.15, 0.2) is 18.2 Å². The van der Waals surface area contributed by atoms with Crippen LogP contribution in [0.1, 0.15) is 30.1 Å². The van der Waals surface area contributed by atoms with Gasteiger partial charge in [-0.05, 0) is 31.9 Å². The van der Waals surface area contributed by atoms with Crippen LogP contribution in [-0.2, 0) is 4.79 Å². The van der Waals surface area contributed by atoms with E-state index in [1.54, 1.807) is 23.1 Å². The Morgan fingerprint density at radius 1 is 1.33 bits per heavy atom. The standard InChI is InChI=1S/C15H21N3O3/c1-2-21-13-11(4-3-5-12(13)16)15(20)18-8-6-10(7-9-18)14(17)19/h3-5,10H,2,6-9,16H2,1H3,(H2,17,19). The second-order valence-electron chi connectivity index (χ2n) is 5.13. The third-order valence-electron chi connectivity index (χ3n) is 3.75. The lowest BCUT2D eigenvalue weighted by Crippen LogP contribution is -2.41. The van der Waals surface area contributed by atoms with Crippen LogP contribution in [0.3, 0.4) is 0 Å². The van der Waals surface area contributed by atoms with Crippen LogP contribution in [0, 0.1) is 5.92 Å². The number of carbonyl (C=O) groups is 2. The molecule has 0 aliphatic carbocycles. The summed E-state index contributed by atoms with van der Waals surface area (Å²) in [5.41, 5.74) is 12.1. The van der Waals surface area contributed by atoms with Crippen LogP contribution >= 0.6 is 0 Å². The molecule has 1 fully saturated rings. The highest BCUT2D eigenvalue weighted by Gasteiger charge is 2.28. The Morgan fingerprint density at radius 2 is 2.00 bits per heavy atom. The number of carbonyl (C=O) groups excluding carboxylic acids is 2. The van der Waals surface area contributed by atoms with Crippen LogP contribution in [0.5, 0.6) is 5.75 Å². The molecule has 1 aliphatic heterocycles. The molecule has 0 atom stereocenters. The number of nitrogen functional groups attached to an aromatic ring is 1. The van der Waals surface area contributed by atoms with E-state index in [1.165, 1.54) is 0 Å². The van der Waals surface area contributed by atoms with Crippen molar-refractivity contribution < 1.29 is 14.3 Å². The Morgan fingerprint density at radius 3 is 2.57 bits per heavy atom. The number of ether oxygens (including phenoxy) is 1. The molecule has 4 N–H and O–H groups in total. The van der Waals surface area contributed by atoms with Gasteiger partial charge < -0.3 is 21.1 Å². The maximum absolute atomic E-state index is 12.6. The summed E-state index contributed by atoms with van der Waals surface area (Å²) in [4.78, 5) is 25.5. The molecule has 2 amide bonds. The van der Waals surface area contributed by atoms with Crippen molar-refractivity contribution in [3.63, 3.8) is 0 Å². The molecule has 0 bridgehead atoms. The van der Waals surface area contributed by atoms with E-state index in [1.807, 2.05) is 6.92 Å². The molecule has 1 aromatic carbocycles. The van der Waals surface area contributed by atoms with E-state index in [2.05, 4.69) is 0 Å². The van der Waals surface area contributed by atoms with Crippen LogP contribution < -0.4 is 16.2 Å². The van der Waals surface area contributed by atoms with Gasteiger partial charge in [-0.25, -0.2) is 0 Å². The van der Waals surface area contributed by atoms with E-state index in [0.717, 1.165) is 0 Å². The molecule has 0 spiro atoms. The van der Waals surface area contributed by atoms with Crippen molar-refractivity contribution in [3.05, 3.63) is 23.8 Å². The second-order valence-corrected chi connectivity index (χ2v) is 5.13. The minimum absolute atomic E-state index is 0.117. The third kappa shape index (κ3) is 3.26. The first-order chi connectivity index (χ1) is 10.0. The van der Waals surface area contributed by atoms with Gasteiger partial charge in [-0.3, -0.25) is 9.59 Å². The predicted molar refractivity (Wildman–Crippen MR) is 79.8 cm³/mol. The number of anilines is 1. The molecule has 0 aromatic heterocycles. The van der Waals surface area contributed by atoms with Crippen LogP contribution in [0.25, 0.3) is 0 Å². The van der Waals surface area contributed by atoms with E-state index >= 15 is 0 Å². The molecule has 1 aliphatic rings. The minimum atomic E-state index is -0.291. The average molecular weight is 291 g/mol. The maximum atomic E-state index is 12.6. The third-order valence-corrected chi connectivity index (χ3v) is 3.75. The number of piperidine rings is 1. The highest BCUT2D eigenvalue weighted by molar-refractivity contribution is 5.98. The molecule has 0 unspecified atom stereocenters. The van der Waals surface area contributed by atoms with Gasteiger partial charge in [0.2, 0.25) is 5.91 Å². The van der Waals surface area contributed by atoms with Crippen LogP contribution in [-0.4, -0.2) is 36.4 Å². The monoisotopic (exact) mass is 291 g/mol. The summed E-state index contributed by atoms with van der Waals surface area (Å²) in [5.74, 6) is -0.113. The molecule has 1 aromatic rings. The molecule has 0 radical (unpaired) electrons. The first kappa shape index (κ1) is 15.2. The van der Waals surface area contributed by atoms with Crippen molar-refractivity contribution >= 4 is 17.5 Å². The summed E-state index contributed by atoms with van der Waals surface area (Å²) in [6, 6.07) is 5.16. The molecule has 1 heterocycles. The number of hydrogen-bond acceptors (Lipinski definition) is 4. The van der Waals surface area contributed by atoms with Crippen LogP contribution in [0.2, 0.25) is 0 Å². The van der Waals surface area contributed by atoms with E-state index in [0.29, 0.717) is 49.5 Å². The number of primary amides is 1. The second kappa shape index (κ2) is 6.47. The fourth-order valence-electron chi connectivity index (χ4n) is 2.57. The summed E-state index contributed by atoms with van der Waals surface area (Å²) < 4.78 is 5.49. The number of para-hydroxylation sites is 1. The molecule has 2 rings (SSSR count). The number of hydrogen-bond donors (Lipinski definition) is 2. The maximum Gasteiger partial charge on any atom is 0.257 e. The van der Waals surface area contributed by atoms with E-state index in [9.17, 15) is 9.59 Å². The van der Waals surface area contributed by atoms with Gasteiger partial charge in [0.25, 0.3) is 5.91 Å². The molecular weight excluding hydrogens is 270 g/mol. The quantitative estimate of drug-likeness (QED) is 0.809. The van der Waals surface area contributed by atoms with Crippen molar-refractivity contribution in [1.82, 2.24) is 4.90 Å². The zero-order valence-corrected chi connectivity index (χ0v) is 12.2. The summed E-state index contributed by atoms with van der Waals surface area (Å²) in [5, 5.41) is 0. The van der Waals surface area contributed by atoms with Crippen molar-refractivity contribution in [1.29, 1.82) is 0 Å². The minimum Gasteiger partial charge on any atom is -0.491 e. The number of benzene rings is 1. The summed E-state index contributed by atoms with van der Waals surface area (Å²) in [6.45, 7) is 3.33. The van der Waals surface area contributed by atoms with Gasteiger partial charge >= 0.3 is 0 Å². The van der Waals surface area contributed by atoms with Crippen molar-refractivity contribution in [3.8, 4) is 5.75 Å². The zero-order valence-electron chi connectivity index (χ0n) is 12.2. The lowest BCUT2D eigenvalue weighted by Gasteiger charge is -2.31. The fraction of sp³-hybridized carbons (Fsp3) is 0.467. The van der Waals surface area contributed by atoms with Gasteiger partial charge in [-0.1, -0.05) is 6.07 Å². The highest BCUT2D eigenvalue weighted by Crippen LogP contribution is 2.29. The Bertz CT molecular complexity index is 537. The van der Waals surface area contributed by atoms with Gasteiger partial charge in [0.05, 0.1) is 17.9 Å². The Balaban J connectivity index is 2.14. The van der Waals surface area contributed by atoms with Crippen molar-refractivity contribution in [2.45, 2.75) is 19.8 Å². The Hall–Kier alpha value is -2.24. The highest BCUT2D eigenvalue weighted by atomic mass is 16.5. The lowest BCUT2D eigenvalue weighted by molar-refractivity contribution is -0.123. The normalized spacial score (nSPS) is 15.8. The van der Waals surface area contributed by atoms with Gasteiger partial charge in [0.15, 0.2) is 5.75 Å². The number of amides is 2. The summed E-state index contributed by atoms with van der Waals surface area (Å²) in [6.07, 6.45) is 1.21. The summed E-state index contributed by atoms with van der Waals surface area (Å²) >= 11 is 0. The van der Waals surface area contributed by atoms with Gasteiger partial charge in [0, 0.05) is 19.0 Å². The van der Waals surface area contributed by atoms with E-state index < -0.39 is 0 Å². The van der Waals surface area contributed by atoms with Gasteiger partial charge in [0.1, 0.15) is 0 Å². The fourth-order valence-corrected chi connectivity index (χ4v) is 2.57. The SMILES string of the molecule is CCOc1c(N)cccc1C(=O)N1CCC(C(N)=O)CC1. The number of rotatable bonds is 4. The number of nitrogens with two attached hydrogens (primary N) is 2. The van der Waals surface area contributed by atoms with Gasteiger partial charge in [-0.2, -0.15) is 0 Å². The van der Waals surface area contributed by atoms with E-state index in [4.69, 9.17) is 16.2 Å². The Labute approximate surface area is 124 Å². The first-order valence-electron chi connectivity index (χ1n) is 7.14. The number of likely N-dealkylation sites (tertiary alicyclic amines) is 1. The predicted octanol–water partition coefficient (Wildman–Crippen LogP) is 1.00.